The van der Waals surface area contributed by atoms with E-state index in [1.807, 2.05) is 29.9 Å². The van der Waals surface area contributed by atoms with Gasteiger partial charge in [-0.1, -0.05) is 13.0 Å². The van der Waals surface area contributed by atoms with Gasteiger partial charge >= 0.3 is 0 Å². The predicted octanol–water partition coefficient (Wildman–Crippen LogP) is 4.40. The lowest BCUT2D eigenvalue weighted by molar-refractivity contribution is 0.806. The van der Waals surface area contributed by atoms with E-state index >= 15 is 0 Å². The highest BCUT2D eigenvalue weighted by molar-refractivity contribution is 5.84. The number of nitrogens with zero attached hydrogens (tertiary/aromatic N) is 5. The van der Waals surface area contributed by atoms with E-state index < -0.39 is 0 Å². The van der Waals surface area contributed by atoms with Gasteiger partial charge in [-0.05, 0) is 55.3 Å². The van der Waals surface area contributed by atoms with Gasteiger partial charge in [0.2, 0.25) is 5.95 Å². The second-order valence-electron chi connectivity index (χ2n) is 6.98. The summed E-state index contributed by atoms with van der Waals surface area (Å²) < 4.78 is 4.12. The minimum atomic E-state index is 0.135. The lowest BCUT2D eigenvalue weighted by Crippen LogP contribution is -2.06. The van der Waals surface area contributed by atoms with Gasteiger partial charge in [0.15, 0.2) is 0 Å². The molecule has 0 aliphatic heterocycles. The Morgan fingerprint density at radius 1 is 1.07 bits per heavy atom. The van der Waals surface area contributed by atoms with Crippen molar-refractivity contribution in [3.8, 4) is 12.0 Å². The fourth-order valence-corrected chi connectivity index (χ4v) is 3.71. The van der Waals surface area contributed by atoms with Gasteiger partial charge in [-0.3, -0.25) is 9.55 Å². The Morgan fingerprint density at radius 3 is 2.44 bits per heavy atom. The van der Waals surface area contributed by atoms with Crippen LogP contribution in [0, 0.1) is 25.2 Å². The van der Waals surface area contributed by atoms with Crippen LogP contribution < -0.4 is 0 Å². The molecule has 3 aromatic heterocycles. The fourth-order valence-electron chi connectivity index (χ4n) is 3.71. The van der Waals surface area contributed by atoms with Crippen molar-refractivity contribution < 1.29 is 0 Å². The van der Waals surface area contributed by atoms with E-state index in [4.69, 9.17) is 4.98 Å². The number of hydrogen-bond acceptors (Lipinski definition) is 3. The molecule has 1 aromatic carbocycles. The molecule has 0 aliphatic carbocycles. The van der Waals surface area contributed by atoms with E-state index in [1.165, 1.54) is 0 Å². The Bertz CT molecular complexity index is 1160. The van der Waals surface area contributed by atoms with Crippen molar-refractivity contribution in [2.24, 2.45) is 7.05 Å². The average molecular weight is 355 g/mol. The van der Waals surface area contributed by atoms with Crippen LogP contribution in [0.4, 0.5) is 0 Å². The third kappa shape index (κ3) is 2.70. The van der Waals surface area contributed by atoms with Gasteiger partial charge in [-0.15, -0.1) is 0 Å². The van der Waals surface area contributed by atoms with Gasteiger partial charge in [0.1, 0.15) is 6.07 Å². The van der Waals surface area contributed by atoms with Gasteiger partial charge in [0, 0.05) is 36.7 Å². The molecule has 0 aliphatic rings. The molecule has 4 rings (SSSR count). The SMILES string of the molecule is Cc1ccc(C)n1-c1nc2cc(C(C)c3cccnc3)cc(C#N)c2n1C. The summed E-state index contributed by atoms with van der Waals surface area (Å²) in [5.74, 6) is 0.961. The molecule has 134 valence electrons. The average Bonchev–Trinajstić information content (AvgIpc) is 3.19. The molecule has 0 amide bonds. The number of aryl methyl sites for hydroxylation is 3. The quantitative estimate of drug-likeness (QED) is 0.547. The molecule has 1 unspecified atom stereocenters. The first-order chi connectivity index (χ1) is 13.0. The van der Waals surface area contributed by atoms with Gasteiger partial charge in [-0.2, -0.15) is 5.26 Å². The summed E-state index contributed by atoms with van der Waals surface area (Å²) in [6.45, 7) is 6.25. The van der Waals surface area contributed by atoms with Gasteiger partial charge in [0.25, 0.3) is 0 Å². The van der Waals surface area contributed by atoms with E-state index in [1.54, 1.807) is 6.20 Å². The Labute approximate surface area is 158 Å². The number of aromatic nitrogens is 4. The highest BCUT2D eigenvalue weighted by Gasteiger charge is 2.19. The van der Waals surface area contributed by atoms with Crippen LogP contribution in [-0.2, 0) is 7.05 Å². The van der Waals surface area contributed by atoms with Crippen LogP contribution >= 0.6 is 0 Å². The second kappa shape index (κ2) is 6.40. The Balaban J connectivity index is 1.93. The number of rotatable bonds is 3. The van der Waals surface area contributed by atoms with Crippen molar-refractivity contribution in [1.29, 1.82) is 5.26 Å². The number of benzene rings is 1. The number of imidazole rings is 1. The maximum Gasteiger partial charge on any atom is 0.215 e. The maximum atomic E-state index is 9.78. The monoisotopic (exact) mass is 355 g/mol. The maximum absolute atomic E-state index is 9.78. The molecule has 0 N–H and O–H groups in total. The Kier molecular flexibility index (Phi) is 4.04. The van der Waals surface area contributed by atoms with Crippen LogP contribution in [-0.4, -0.2) is 19.1 Å². The molecule has 5 nitrogen and oxygen atoms in total. The van der Waals surface area contributed by atoms with Crippen molar-refractivity contribution in [2.45, 2.75) is 26.7 Å². The molecule has 0 bridgehead atoms. The summed E-state index contributed by atoms with van der Waals surface area (Å²) in [6.07, 6.45) is 3.64. The first-order valence-electron chi connectivity index (χ1n) is 8.97. The van der Waals surface area contributed by atoms with Crippen molar-refractivity contribution >= 4 is 11.0 Å². The zero-order chi connectivity index (χ0) is 19.1. The van der Waals surface area contributed by atoms with Gasteiger partial charge < -0.3 is 4.57 Å². The van der Waals surface area contributed by atoms with Gasteiger partial charge in [0.05, 0.1) is 16.6 Å². The molecule has 0 saturated carbocycles. The summed E-state index contributed by atoms with van der Waals surface area (Å²) in [4.78, 5) is 9.10. The summed E-state index contributed by atoms with van der Waals surface area (Å²) >= 11 is 0. The second-order valence-corrected chi connectivity index (χ2v) is 6.98. The molecule has 27 heavy (non-hydrogen) atoms. The molecule has 0 saturated heterocycles. The van der Waals surface area contributed by atoms with E-state index in [0.717, 1.165) is 39.5 Å². The standard InChI is InChI=1S/C22H21N5/c1-14-7-8-15(2)27(14)22-25-20-11-18(10-19(12-23)21(20)26(22)4)16(3)17-6-5-9-24-13-17/h5-11,13,16H,1-4H3. The van der Waals surface area contributed by atoms with Crippen molar-refractivity contribution in [2.75, 3.05) is 0 Å². The van der Waals surface area contributed by atoms with Crippen LogP contribution in [0.5, 0.6) is 0 Å². The lowest BCUT2D eigenvalue weighted by atomic mass is 9.92. The smallest absolute Gasteiger partial charge is 0.215 e. The molecular weight excluding hydrogens is 334 g/mol. The third-order valence-electron chi connectivity index (χ3n) is 5.24. The van der Waals surface area contributed by atoms with E-state index in [0.29, 0.717) is 5.56 Å². The zero-order valence-electron chi connectivity index (χ0n) is 15.9. The highest BCUT2D eigenvalue weighted by Crippen LogP contribution is 2.30. The third-order valence-corrected chi connectivity index (χ3v) is 5.24. The molecular formula is C22H21N5. The van der Waals surface area contributed by atoms with Crippen LogP contribution in [0.25, 0.3) is 17.0 Å². The Hall–Kier alpha value is -3.39. The largest absolute Gasteiger partial charge is 0.312 e. The summed E-state index contributed by atoms with van der Waals surface area (Å²) in [5.41, 5.74) is 6.77. The molecule has 0 radical (unpaired) electrons. The van der Waals surface area contributed by atoms with Gasteiger partial charge in [-0.25, -0.2) is 4.98 Å². The van der Waals surface area contributed by atoms with Crippen molar-refractivity contribution in [1.82, 2.24) is 19.1 Å². The zero-order valence-corrected chi connectivity index (χ0v) is 15.9. The molecule has 0 spiro atoms. The number of hydrogen-bond donors (Lipinski definition) is 0. The summed E-state index contributed by atoms with van der Waals surface area (Å²) in [7, 11) is 1.97. The number of fused-ring (bicyclic) bond motifs is 1. The first kappa shape index (κ1) is 17.0. The van der Waals surface area contributed by atoms with E-state index in [-0.39, 0.29) is 5.92 Å². The number of pyridine rings is 1. The summed E-state index contributed by atoms with van der Waals surface area (Å²) in [5, 5.41) is 9.78. The predicted molar refractivity (Wildman–Crippen MR) is 106 cm³/mol. The molecule has 5 heteroatoms. The normalized spacial score (nSPS) is 12.3. The summed E-state index contributed by atoms with van der Waals surface area (Å²) in [6, 6.07) is 14.6. The van der Waals surface area contributed by atoms with Crippen LogP contribution in [0.1, 0.15) is 40.9 Å². The van der Waals surface area contributed by atoms with Crippen LogP contribution in [0.3, 0.4) is 0 Å². The fraction of sp³-hybridized carbons (Fsp3) is 0.227. The van der Waals surface area contributed by atoms with Crippen molar-refractivity contribution in [3.63, 3.8) is 0 Å². The first-order valence-corrected chi connectivity index (χ1v) is 8.97. The molecule has 0 fully saturated rings. The van der Waals surface area contributed by atoms with E-state index in [2.05, 4.69) is 60.7 Å². The van der Waals surface area contributed by atoms with Crippen LogP contribution in [0.15, 0.2) is 48.8 Å². The minimum Gasteiger partial charge on any atom is -0.312 e. The lowest BCUT2D eigenvalue weighted by Gasteiger charge is -2.13. The molecule has 4 aromatic rings. The molecule has 3 heterocycles. The Morgan fingerprint density at radius 2 is 1.81 bits per heavy atom. The topological polar surface area (TPSA) is 59.4 Å². The van der Waals surface area contributed by atoms with Crippen LogP contribution in [0.2, 0.25) is 0 Å². The molecule has 1 atom stereocenters. The minimum absolute atomic E-state index is 0.135. The number of nitriles is 1. The van der Waals surface area contributed by atoms with Crippen molar-refractivity contribution in [3.05, 3.63) is 76.9 Å². The van der Waals surface area contributed by atoms with E-state index in [9.17, 15) is 5.26 Å². The highest BCUT2D eigenvalue weighted by atomic mass is 15.2.